The molecule has 6 heteroatoms. The number of phenols is 1. The summed E-state index contributed by atoms with van der Waals surface area (Å²) in [5, 5.41) is 9.54. The molecule has 0 aliphatic carbocycles. The van der Waals surface area contributed by atoms with Gasteiger partial charge in [0.1, 0.15) is 18.1 Å². The first-order valence-electron chi connectivity index (χ1n) is 6.11. The highest BCUT2D eigenvalue weighted by Crippen LogP contribution is 2.32. The van der Waals surface area contributed by atoms with E-state index in [1.54, 1.807) is 18.2 Å². The quantitative estimate of drug-likeness (QED) is 0.822. The molecule has 0 fully saturated rings. The van der Waals surface area contributed by atoms with Gasteiger partial charge in [-0.05, 0) is 36.0 Å². The molecular formula is C13H15N3O2S. The minimum Gasteiger partial charge on any atom is -0.508 e. The van der Waals surface area contributed by atoms with E-state index in [-0.39, 0.29) is 11.8 Å². The van der Waals surface area contributed by atoms with Gasteiger partial charge in [0.15, 0.2) is 4.77 Å². The topological polar surface area (TPSA) is 65.3 Å². The van der Waals surface area contributed by atoms with Crippen molar-refractivity contribution >= 4 is 12.2 Å². The lowest BCUT2D eigenvalue weighted by atomic mass is 10.0. The molecule has 2 aromatic rings. The molecule has 0 radical (unpaired) electrons. The predicted octanol–water partition coefficient (Wildman–Crippen LogP) is 1.82. The van der Waals surface area contributed by atoms with Crippen LogP contribution in [-0.4, -0.2) is 20.8 Å². The number of nitrogens with two attached hydrogens (primary N) is 1. The summed E-state index contributed by atoms with van der Waals surface area (Å²) in [7, 11) is 0. The van der Waals surface area contributed by atoms with E-state index in [1.807, 2.05) is 21.5 Å². The zero-order valence-electron chi connectivity index (χ0n) is 10.3. The molecular weight excluding hydrogens is 262 g/mol. The number of benzene rings is 1. The highest BCUT2D eigenvalue weighted by atomic mass is 32.1. The van der Waals surface area contributed by atoms with Crippen LogP contribution in [0.3, 0.4) is 0 Å². The number of aromatic hydroxyl groups is 1. The van der Waals surface area contributed by atoms with Gasteiger partial charge in [-0.2, -0.15) is 0 Å². The largest absolute Gasteiger partial charge is 0.508 e. The van der Waals surface area contributed by atoms with Gasteiger partial charge in [0.25, 0.3) is 0 Å². The predicted molar refractivity (Wildman–Crippen MR) is 73.8 cm³/mol. The minimum absolute atomic E-state index is 0.134. The fraction of sp³-hybridized carbons (Fsp3) is 0.308. The van der Waals surface area contributed by atoms with Crippen LogP contribution in [-0.2, 0) is 13.1 Å². The number of aromatic nitrogens is 2. The normalized spacial score (nSPS) is 17.8. The number of ether oxygens (including phenoxy) is 1. The molecule has 100 valence electrons. The molecule has 0 bridgehead atoms. The first kappa shape index (κ1) is 12.3. The van der Waals surface area contributed by atoms with Crippen molar-refractivity contribution < 1.29 is 9.84 Å². The lowest BCUT2D eigenvalue weighted by Gasteiger charge is -2.26. The third-order valence-electron chi connectivity index (χ3n) is 3.39. The molecule has 3 N–H and O–H groups in total. The Morgan fingerprint density at radius 3 is 3.00 bits per heavy atom. The molecule has 0 amide bonds. The van der Waals surface area contributed by atoms with Crippen molar-refractivity contribution in [1.82, 2.24) is 9.13 Å². The highest BCUT2D eigenvalue weighted by Gasteiger charge is 2.22. The molecule has 1 atom stereocenters. The lowest BCUT2D eigenvalue weighted by molar-refractivity contribution is 0.221. The second-order valence-electron chi connectivity index (χ2n) is 4.60. The third-order valence-corrected chi connectivity index (χ3v) is 3.84. The second kappa shape index (κ2) is 4.71. The maximum Gasteiger partial charge on any atom is 0.181 e. The average Bonchev–Trinajstić information content (AvgIpc) is 2.79. The second-order valence-corrected chi connectivity index (χ2v) is 4.97. The molecule has 0 saturated carbocycles. The van der Waals surface area contributed by atoms with E-state index in [1.165, 1.54) is 0 Å². The SMILES string of the molecule is NCn1ccn(C2COc3ccc(O)cc3C2)c1=S. The van der Waals surface area contributed by atoms with Gasteiger partial charge in [-0.3, -0.25) is 0 Å². The van der Waals surface area contributed by atoms with Crippen LogP contribution in [0.2, 0.25) is 0 Å². The van der Waals surface area contributed by atoms with Crippen LogP contribution in [0.4, 0.5) is 0 Å². The van der Waals surface area contributed by atoms with Gasteiger partial charge in [0.05, 0.1) is 12.7 Å². The summed E-state index contributed by atoms with van der Waals surface area (Å²) in [5.74, 6) is 1.09. The summed E-state index contributed by atoms with van der Waals surface area (Å²) < 4.78 is 10.2. The van der Waals surface area contributed by atoms with Crippen LogP contribution in [0.5, 0.6) is 11.5 Å². The molecule has 1 aromatic carbocycles. The van der Waals surface area contributed by atoms with Gasteiger partial charge in [-0.1, -0.05) is 0 Å². The zero-order chi connectivity index (χ0) is 13.4. The van der Waals surface area contributed by atoms with Gasteiger partial charge in [-0.15, -0.1) is 0 Å². The van der Waals surface area contributed by atoms with Crippen molar-refractivity contribution in [3.05, 3.63) is 40.9 Å². The van der Waals surface area contributed by atoms with Crippen molar-refractivity contribution in [2.24, 2.45) is 5.73 Å². The number of hydrogen-bond acceptors (Lipinski definition) is 4. The monoisotopic (exact) mass is 277 g/mol. The van der Waals surface area contributed by atoms with E-state index in [2.05, 4.69) is 0 Å². The van der Waals surface area contributed by atoms with E-state index in [0.717, 1.165) is 17.7 Å². The number of nitrogens with zero attached hydrogens (tertiary/aromatic N) is 2. The number of fused-ring (bicyclic) bond motifs is 1. The summed E-state index contributed by atoms with van der Waals surface area (Å²) in [4.78, 5) is 0. The van der Waals surface area contributed by atoms with Crippen LogP contribution in [0.15, 0.2) is 30.6 Å². The van der Waals surface area contributed by atoms with E-state index >= 15 is 0 Å². The Morgan fingerprint density at radius 1 is 1.42 bits per heavy atom. The van der Waals surface area contributed by atoms with Gasteiger partial charge >= 0.3 is 0 Å². The number of imidazole rings is 1. The molecule has 1 aliphatic rings. The van der Waals surface area contributed by atoms with Gasteiger partial charge in [-0.25, -0.2) is 0 Å². The number of rotatable bonds is 2. The van der Waals surface area contributed by atoms with Gasteiger partial charge in [0, 0.05) is 18.8 Å². The van der Waals surface area contributed by atoms with Crippen molar-refractivity contribution in [2.75, 3.05) is 6.61 Å². The maximum atomic E-state index is 9.54. The lowest BCUT2D eigenvalue weighted by Crippen LogP contribution is -2.24. The minimum atomic E-state index is 0.134. The van der Waals surface area contributed by atoms with Gasteiger partial charge in [0.2, 0.25) is 0 Å². The molecule has 19 heavy (non-hydrogen) atoms. The first-order chi connectivity index (χ1) is 9.19. The smallest absolute Gasteiger partial charge is 0.181 e. The third kappa shape index (κ3) is 2.13. The summed E-state index contributed by atoms with van der Waals surface area (Å²) >= 11 is 5.37. The van der Waals surface area contributed by atoms with Crippen molar-refractivity contribution in [3.63, 3.8) is 0 Å². The van der Waals surface area contributed by atoms with Crippen LogP contribution in [0, 0.1) is 4.77 Å². The Bertz CT molecular complexity index is 662. The average molecular weight is 277 g/mol. The first-order valence-corrected chi connectivity index (χ1v) is 6.52. The van der Waals surface area contributed by atoms with Crippen molar-refractivity contribution in [1.29, 1.82) is 0 Å². The van der Waals surface area contributed by atoms with Crippen LogP contribution < -0.4 is 10.5 Å². The molecule has 2 heterocycles. The highest BCUT2D eigenvalue weighted by molar-refractivity contribution is 7.71. The van der Waals surface area contributed by atoms with Crippen LogP contribution >= 0.6 is 12.2 Å². The van der Waals surface area contributed by atoms with E-state index in [4.69, 9.17) is 22.7 Å². The van der Waals surface area contributed by atoms with Crippen molar-refractivity contribution in [2.45, 2.75) is 19.1 Å². The molecule has 5 nitrogen and oxygen atoms in total. The fourth-order valence-corrected chi connectivity index (χ4v) is 2.73. The summed E-state index contributed by atoms with van der Waals surface area (Å²) in [6, 6.07) is 5.31. The Kier molecular flexibility index (Phi) is 3.04. The standard InChI is InChI=1S/C13H15N3O2S/c14-8-15-3-4-16(13(15)19)10-5-9-6-11(17)1-2-12(9)18-7-10/h1-4,6,10,17H,5,7-8,14H2. The Labute approximate surface area is 115 Å². The summed E-state index contributed by atoms with van der Waals surface area (Å²) in [6.45, 7) is 0.942. The van der Waals surface area contributed by atoms with Crippen LogP contribution in [0.25, 0.3) is 0 Å². The molecule has 3 rings (SSSR count). The van der Waals surface area contributed by atoms with E-state index in [0.29, 0.717) is 18.0 Å². The van der Waals surface area contributed by atoms with Crippen LogP contribution in [0.1, 0.15) is 11.6 Å². The van der Waals surface area contributed by atoms with Gasteiger partial charge < -0.3 is 24.7 Å². The van der Waals surface area contributed by atoms with E-state index < -0.39 is 0 Å². The summed E-state index contributed by atoms with van der Waals surface area (Å²) in [6.07, 6.45) is 4.59. The zero-order valence-corrected chi connectivity index (χ0v) is 11.1. The summed E-state index contributed by atoms with van der Waals surface area (Å²) in [5.41, 5.74) is 6.61. The van der Waals surface area contributed by atoms with Crippen molar-refractivity contribution in [3.8, 4) is 11.5 Å². The molecule has 0 spiro atoms. The molecule has 1 aliphatic heterocycles. The van der Waals surface area contributed by atoms with E-state index in [9.17, 15) is 5.11 Å². The maximum absolute atomic E-state index is 9.54. The molecule has 1 unspecified atom stereocenters. The Hall–Kier alpha value is -1.79. The Morgan fingerprint density at radius 2 is 2.26 bits per heavy atom. The molecule has 0 saturated heterocycles. The molecule has 1 aromatic heterocycles. The Balaban J connectivity index is 1.93. The number of hydrogen-bond donors (Lipinski definition) is 2. The number of phenolic OH excluding ortho intramolecular Hbond substituents is 1. The fourth-order valence-electron chi connectivity index (χ4n) is 2.39.